The number of pyridine rings is 1. The molecule has 0 aliphatic carbocycles. The van der Waals surface area contributed by atoms with E-state index in [0.717, 1.165) is 5.69 Å². The van der Waals surface area contributed by atoms with Crippen molar-refractivity contribution in [3.63, 3.8) is 0 Å². The lowest BCUT2D eigenvalue weighted by Gasteiger charge is -2.32. The molecule has 31 heavy (non-hydrogen) atoms. The van der Waals surface area contributed by atoms with Crippen LogP contribution in [-0.4, -0.2) is 47.9 Å². The molecule has 2 fully saturated rings. The second-order valence-corrected chi connectivity index (χ2v) is 8.23. The van der Waals surface area contributed by atoms with Crippen LogP contribution in [0.25, 0.3) is 0 Å². The van der Waals surface area contributed by atoms with Crippen LogP contribution < -0.4 is 20.9 Å². The minimum atomic E-state index is -0.293. The first-order valence-corrected chi connectivity index (χ1v) is 10.8. The number of piperidine rings is 1. The smallest absolute Gasteiger partial charge is 0.241 e. The minimum Gasteiger partial charge on any atom is -0.495 e. The van der Waals surface area contributed by atoms with Crippen molar-refractivity contribution in [2.75, 3.05) is 25.5 Å². The van der Waals surface area contributed by atoms with Crippen molar-refractivity contribution in [1.29, 1.82) is 0 Å². The van der Waals surface area contributed by atoms with Crippen LogP contribution in [0.5, 0.6) is 5.75 Å². The Labute approximate surface area is 186 Å². The van der Waals surface area contributed by atoms with Gasteiger partial charge in [-0.25, -0.2) is 10.9 Å². The van der Waals surface area contributed by atoms with Crippen LogP contribution in [0.15, 0.2) is 42.6 Å². The molecule has 2 aliphatic rings. The number of hydrogen-bond acceptors (Lipinski definition) is 6. The summed E-state index contributed by atoms with van der Waals surface area (Å²) in [4.78, 5) is 31.8. The average Bonchev–Trinajstić information content (AvgIpc) is 3.30. The van der Waals surface area contributed by atoms with Gasteiger partial charge in [-0.2, -0.15) is 0 Å². The van der Waals surface area contributed by atoms with Crippen molar-refractivity contribution in [2.24, 2.45) is 5.92 Å². The van der Waals surface area contributed by atoms with E-state index in [2.05, 4.69) is 21.2 Å². The van der Waals surface area contributed by atoms with E-state index >= 15 is 0 Å². The van der Waals surface area contributed by atoms with E-state index in [9.17, 15) is 9.59 Å². The Kier molecular flexibility index (Phi) is 6.70. The van der Waals surface area contributed by atoms with Crippen LogP contribution in [0, 0.1) is 5.92 Å². The normalized spacial score (nSPS) is 21.7. The third-order valence-electron chi connectivity index (χ3n) is 5.84. The van der Waals surface area contributed by atoms with Crippen LogP contribution >= 0.6 is 11.6 Å². The Morgan fingerprint density at radius 3 is 2.68 bits per heavy atom. The van der Waals surface area contributed by atoms with Crippen LogP contribution in [0.1, 0.15) is 31.0 Å². The van der Waals surface area contributed by atoms with Crippen LogP contribution in [0.4, 0.5) is 5.69 Å². The lowest BCUT2D eigenvalue weighted by molar-refractivity contribution is -0.136. The molecule has 2 saturated heterocycles. The van der Waals surface area contributed by atoms with Crippen molar-refractivity contribution in [1.82, 2.24) is 20.7 Å². The van der Waals surface area contributed by atoms with Gasteiger partial charge >= 0.3 is 0 Å². The van der Waals surface area contributed by atoms with Gasteiger partial charge < -0.3 is 15.0 Å². The molecule has 164 valence electrons. The van der Waals surface area contributed by atoms with Gasteiger partial charge in [0, 0.05) is 30.9 Å². The average molecular weight is 444 g/mol. The molecule has 1 aromatic carbocycles. The van der Waals surface area contributed by atoms with Gasteiger partial charge in [0.2, 0.25) is 11.8 Å². The molecule has 8 nitrogen and oxygen atoms in total. The molecule has 1 aromatic heterocycles. The van der Waals surface area contributed by atoms with E-state index in [0.29, 0.717) is 48.8 Å². The Bertz CT molecular complexity index is 934. The van der Waals surface area contributed by atoms with Gasteiger partial charge in [0.1, 0.15) is 11.8 Å². The van der Waals surface area contributed by atoms with Gasteiger partial charge in [0.25, 0.3) is 0 Å². The summed E-state index contributed by atoms with van der Waals surface area (Å²) >= 11 is 6.13. The number of aromatic nitrogens is 1. The van der Waals surface area contributed by atoms with Crippen molar-refractivity contribution in [2.45, 2.75) is 31.3 Å². The highest BCUT2D eigenvalue weighted by molar-refractivity contribution is 6.32. The maximum atomic E-state index is 12.9. The molecular weight excluding hydrogens is 418 g/mol. The SMILES string of the molecule is COc1ccc(NC(=O)C2CCN(C(=O)C3CC(c4ccccn4)NN3)CC2)cc1Cl. The summed E-state index contributed by atoms with van der Waals surface area (Å²) in [6.45, 7) is 1.12. The minimum absolute atomic E-state index is 0.00906. The molecule has 3 heterocycles. The third-order valence-corrected chi connectivity index (χ3v) is 6.14. The monoisotopic (exact) mass is 443 g/mol. The highest BCUT2D eigenvalue weighted by Gasteiger charge is 2.35. The number of nitrogens with zero attached hydrogens (tertiary/aromatic N) is 2. The van der Waals surface area contributed by atoms with Crippen LogP contribution in [0.2, 0.25) is 5.02 Å². The number of hydrogen-bond donors (Lipinski definition) is 3. The predicted molar refractivity (Wildman–Crippen MR) is 118 cm³/mol. The summed E-state index contributed by atoms with van der Waals surface area (Å²) < 4.78 is 5.13. The lowest BCUT2D eigenvalue weighted by Crippen LogP contribution is -2.49. The number of nitrogens with one attached hydrogen (secondary N) is 3. The highest BCUT2D eigenvalue weighted by Crippen LogP contribution is 2.28. The zero-order chi connectivity index (χ0) is 21.8. The second kappa shape index (κ2) is 9.64. The van der Waals surface area contributed by atoms with Gasteiger partial charge in [0.15, 0.2) is 0 Å². The standard InChI is InChI=1S/C22H26ClN5O3/c1-31-20-6-5-15(12-16(20)23)25-21(29)14-7-10-28(11-8-14)22(30)19-13-18(26-27-19)17-4-2-3-9-24-17/h2-6,9,12,14,18-19,26-27H,7-8,10-11,13H2,1H3,(H,25,29). The molecule has 3 N–H and O–H groups in total. The number of halogens is 1. The molecule has 0 saturated carbocycles. The Morgan fingerprint density at radius 2 is 2.00 bits per heavy atom. The molecule has 0 bridgehead atoms. The van der Waals surface area contributed by atoms with E-state index in [4.69, 9.17) is 16.3 Å². The Balaban J connectivity index is 1.27. The van der Waals surface area contributed by atoms with Crippen molar-refractivity contribution < 1.29 is 14.3 Å². The maximum Gasteiger partial charge on any atom is 0.241 e. The number of likely N-dealkylation sites (tertiary alicyclic amines) is 1. The van der Waals surface area contributed by atoms with Crippen LogP contribution in [-0.2, 0) is 9.59 Å². The summed E-state index contributed by atoms with van der Waals surface area (Å²) in [7, 11) is 1.55. The molecule has 2 amide bonds. The first-order chi connectivity index (χ1) is 15.0. The fourth-order valence-electron chi connectivity index (χ4n) is 4.06. The third kappa shape index (κ3) is 4.98. The van der Waals surface area contributed by atoms with E-state index in [1.165, 1.54) is 0 Å². The van der Waals surface area contributed by atoms with E-state index in [1.807, 2.05) is 23.1 Å². The van der Waals surface area contributed by atoms with Gasteiger partial charge in [-0.05, 0) is 49.6 Å². The molecule has 4 rings (SSSR count). The fourth-order valence-corrected chi connectivity index (χ4v) is 4.32. The maximum absolute atomic E-state index is 12.9. The summed E-state index contributed by atoms with van der Waals surface area (Å²) in [5, 5.41) is 3.36. The van der Waals surface area contributed by atoms with Gasteiger partial charge in [-0.3, -0.25) is 14.6 Å². The summed E-state index contributed by atoms with van der Waals surface area (Å²) in [5.41, 5.74) is 7.82. The first kappa shape index (κ1) is 21.5. The quantitative estimate of drug-likeness (QED) is 0.657. The van der Waals surface area contributed by atoms with E-state index < -0.39 is 0 Å². The van der Waals surface area contributed by atoms with E-state index in [1.54, 1.807) is 31.5 Å². The number of hydrazine groups is 1. The number of benzene rings is 1. The molecule has 2 unspecified atom stereocenters. The number of carbonyl (C=O) groups excluding carboxylic acids is 2. The number of anilines is 1. The number of amides is 2. The van der Waals surface area contributed by atoms with Crippen molar-refractivity contribution in [3.05, 3.63) is 53.3 Å². The number of methoxy groups -OCH3 is 1. The molecule has 2 aliphatic heterocycles. The predicted octanol–water partition coefficient (Wildman–Crippen LogP) is 2.53. The zero-order valence-corrected chi connectivity index (χ0v) is 18.1. The van der Waals surface area contributed by atoms with Crippen molar-refractivity contribution in [3.8, 4) is 5.75 Å². The lowest BCUT2D eigenvalue weighted by atomic mass is 9.95. The number of carbonyl (C=O) groups is 2. The second-order valence-electron chi connectivity index (χ2n) is 7.82. The highest BCUT2D eigenvalue weighted by atomic mass is 35.5. The summed E-state index contributed by atoms with van der Waals surface area (Å²) in [5.74, 6) is 0.434. The summed E-state index contributed by atoms with van der Waals surface area (Å²) in [6, 6.07) is 10.6. The summed E-state index contributed by atoms with van der Waals surface area (Å²) in [6.07, 6.45) is 3.66. The van der Waals surface area contributed by atoms with Gasteiger partial charge in [-0.15, -0.1) is 0 Å². The zero-order valence-electron chi connectivity index (χ0n) is 17.3. The molecular formula is C22H26ClN5O3. The van der Waals surface area contributed by atoms with E-state index in [-0.39, 0.29) is 29.8 Å². The van der Waals surface area contributed by atoms with Gasteiger partial charge in [0.05, 0.1) is 23.9 Å². The molecule has 9 heteroatoms. The van der Waals surface area contributed by atoms with Crippen LogP contribution in [0.3, 0.4) is 0 Å². The van der Waals surface area contributed by atoms with Crippen molar-refractivity contribution >= 4 is 29.1 Å². The molecule has 0 spiro atoms. The molecule has 2 aromatic rings. The topological polar surface area (TPSA) is 95.6 Å². The largest absolute Gasteiger partial charge is 0.495 e. The Hall–Kier alpha value is -2.68. The van der Waals surface area contributed by atoms with Gasteiger partial charge in [-0.1, -0.05) is 17.7 Å². The number of rotatable bonds is 5. The fraction of sp³-hybridized carbons (Fsp3) is 0.409. The number of ether oxygens (including phenoxy) is 1. The molecule has 0 radical (unpaired) electrons. The first-order valence-electron chi connectivity index (χ1n) is 10.4. The molecule has 2 atom stereocenters. The Morgan fingerprint density at radius 1 is 1.19 bits per heavy atom.